The molecule has 0 aliphatic heterocycles. The molecule has 150 valence electrons. The molecule has 0 spiro atoms. The predicted octanol–water partition coefficient (Wildman–Crippen LogP) is 5.40. The molecule has 1 aromatic heterocycles. The van der Waals surface area contributed by atoms with E-state index in [-0.39, 0.29) is 17.8 Å². The highest BCUT2D eigenvalue weighted by atomic mass is 35.5. The van der Waals surface area contributed by atoms with Gasteiger partial charge in [-0.05, 0) is 48.2 Å². The minimum absolute atomic E-state index is 0.123. The molecule has 0 aliphatic rings. The Morgan fingerprint density at radius 1 is 1.17 bits per heavy atom. The quantitative estimate of drug-likeness (QED) is 0.512. The maximum atomic E-state index is 12.6. The minimum atomic E-state index is -0.343. The lowest BCUT2D eigenvalue weighted by Crippen LogP contribution is -2.17. The molecule has 29 heavy (non-hydrogen) atoms. The van der Waals surface area contributed by atoms with Crippen LogP contribution in [0.2, 0.25) is 5.02 Å². The number of aromatic nitrogens is 1. The zero-order valence-corrected chi connectivity index (χ0v) is 18.1. The summed E-state index contributed by atoms with van der Waals surface area (Å²) in [6.45, 7) is 0.253. The highest BCUT2D eigenvalue weighted by molar-refractivity contribution is 8.13. The van der Waals surface area contributed by atoms with E-state index < -0.39 is 0 Å². The summed E-state index contributed by atoms with van der Waals surface area (Å²) in [4.78, 5) is 31.0. The number of nitrogens with one attached hydrogen (secondary N) is 1. The first-order valence-electron chi connectivity index (χ1n) is 8.54. The van der Waals surface area contributed by atoms with Crippen LogP contribution in [0.25, 0.3) is 0 Å². The lowest BCUT2D eigenvalue weighted by molar-refractivity contribution is 0.102. The number of thiazole rings is 1. The molecule has 3 rings (SSSR count). The summed E-state index contributed by atoms with van der Waals surface area (Å²) >= 11 is 8.25. The number of rotatable bonds is 6. The van der Waals surface area contributed by atoms with Crippen molar-refractivity contribution in [3.63, 3.8) is 0 Å². The van der Waals surface area contributed by atoms with E-state index in [0.717, 1.165) is 11.8 Å². The van der Waals surface area contributed by atoms with Crippen LogP contribution in [0.1, 0.15) is 15.5 Å². The summed E-state index contributed by atoms with van der Waals surface area (Å²) < 4.78 is 5.66. The standard InChI is InChI=1S/C20H18ClN3O3S2/c1-24(2)20(26)29-17-6-4-3-5-15(17)23-19(25)16-12-28-18(22-16)11-27-14-9-7-13(21)8-10-14/h3-10,12H,11H2,1-2H3,(H,23,25). The van der Waals surface area contributed by atoms with Crippen molar-refractivity contribution >= 4 is 51.5 Å². The predicted molar refractivity (Wildman–Crippen MR) is 117 cm³/mol. The maximum absolute atomic E-state index is 12.6. The first-order valence-corrected chi connectivity index (χ1v) is 10.6. The first-order chi connectivity index (χ1) is 13.9. The van der Waals surface area contributed by atoms with Gasteiger partial charge in [-0.25, -0.2) is 4.98 Å². The molecular weight excluding hydrogens is 430 g/mol. The third-order valence-electron chi connectivity index (χ3n) is 3.66. The van der Waals surface area contributed by atoms with E-state index in [1.54, 1.807) is 61.9 Å². The van der Waals surface area contributed by atoms with Crippen LogP contribution in [0, 0.1) is 0 Å². The van der Waals surface area contributed by atoms with E-state index in [9.17, 15) is 9.59 Å². The lowest BCUT2D eigenvalue weighted by Gasteiger charge is -2.12. The Morgan fingerprint density at radius 3 is 2.62 bits per heavy atom. The molecule has 9 heteroatoms. The number of hydrogen-bond donors (Lipinski definition) is 1. The van der Waals surface area contributed by atoms with Crippen LogP contribution in [0.4, 0.5) is 10.5 Å². The van der Waals surface area contributed by atoms with Crippen LogP contribution in [0.5, 0.6) is 5.75 Å². The van der Waals surface area contributed by atoms with Crippen molar-refractivity contribution in [2.45, 2.75) is 11.5 Å². The molecule has 0 atom stereocenters. The molecule has 0 saturated carbocycles. The highest BCUT2D eigenvalue weighted by Crippen LogP contribution is 2.29. The molecule has 0 aliphatic carbocycles. The second-order valence-corrected chi connectivity index (χ2v) is 8.45. The van der Waals surface area contributed by atoms with E-state index in [1.165, 1.54) is 16.2 Å². The Hall–Kier alpha value is -2.55. The van der Waals surface area contributed by atoms with Crippen LogP contribution in [-0.4, -0.2) is 35.1 Å². The van der Waals surface area contributed by atoms with Crippen molar-refractivity contribution in [1.29, 1.82) is 0 Å². The van der Waals surface area contributed by atoms with Gasteiger partial charge in [0.1, 0.15) is 23.1 Å². The molecule has 3 aromatic rings. The lowest BCUT2D eigenvalue weighted by atomic mass is 10.3. The summed E-state index contributed by atoms with van der Waals surface area (Å²) in [6.07, 6.45) is 0. The smallest absolute Gasteiger partial charge is 0.286 e. The average Bonchev–Trinajstić information content (AvgIpc) is 3.18. The Bertz CT molecular complexity index is 1010. The number of anilines is 1. The summed E-state index contributed by atoms with van der Waals surface area (Å²) in [5, 5.41) is 5.69. The van der Waals surface area contributed by atoms with Gasteiger partial charge in [0, 0.05) is 29.4 Å². The van der Waals surface area contributed by atoms with Gasteiger partial charge in [-0.2, -0.15) is 0 Å². The molecule has 0 saturated heterocycles. The molecule has 2 amide bonds. The largest absolute Gasteiger partial charge is 0.486 e. The van der Waals surface area contributed by atoms with Crippen LogP contribution in [0.3, 0.4) is 0 Å². The third-order valence-corrected chi connectivity index (χ3v) is 5.85. The summed E-state index contributed by atoms with van der Waals surface area (Å²) in [7, 11) is 3.36. The summed E-state index contributed by atoms with van der Waals surface area (Å²) in [6, 6.07) is 14.2. The number of ether oxygens (including phenoxy) is 1. The van der Waals surface area contributed by atoms with Crippen molar-refractivity contribution in [3.8, 4) is 5.75 Å². The molecule has 0 radical (unpaired) electrons. The number of para-hydroxylation sites is 1. The van der Waals surface area contributed by atoms with E-state index in [0.29, 0.717) is 32.1 Å². The van der Waals surface area contributed by atoms with Crippen molar-refractivity contribution in [2.24, 2.45) is 0 Å². The fourth-order valence-corrected chi connectivity index (χ4v) is 3.75. The highest BCUT2D eigenvalue weighted by Gasteiger charge is 2.15. The van der Waals surface area contributed by atoms with Crippen LogP contribution in [-0.2, 0) is 6.61 Å². The molecule has 0 fully saturated rings. The van der Waals surface area contributed by atoms with Crippen LogP contribution < -0.4 is 10.1 Å². The summed E-state index contributed by atoms with van der Waals surface area (Å²) in [5.74, 6) is 0.330. The molecule has 1 N–H and O–H groups in total. The number of thioether (sulfide) groups is 1. The van der Waals surface area contributed by atoms with Crippen molar-refractivity contribution in [3.05, 3.63) is 69.6 Å². The second kappa shape index (κ2) is 9.78. The average molecular weight is 448 g/mol. The van der Waals surface area contributed by atoms with Gasteiger partial charge in [0.2, 0.25) is 0 Å². The molecule has 2 aromatic carbocycles. The number of nitrogens with zero attached hydrogens (tertiary/aromatic N) is 2. The van der Waals surface area contributed by atoms with Crippen molar-refractivity contribution < 1.29 is 14.3 Å². The monoisotopic (exact) mass is 447 g/mol. The number of carbonyl (C=O) groups excluding carboxylic acids is 2. The maximum Gasteiger partial charge on any atom is 0.286 e. The van der Waals surface area contributed by atoms with Gasteiger partial charge in [0.25, 0.3) is 11.1 Å². The number of hydrogen-bond acceptors (Lipinski definition) is 6. The van der Waals surface area contributed by atoms with Crippen LogP contribution in [0.15, 0.2) is 58.8 Å². The van der Waals surface area contributed by atoms with Gasteiger partial charge < -0.3 is 15.0 Å². The molecule has 1 heterocycles. The Morgan fingerprint density at radius 2 is 1.90 bits per heavy atom. The van der Waals surface area contributed by atoms with E-state index in [1.807, 2.05) is 6.07 Å². The zero-order valence-electron chi connectivity index (χ0n) is 15.7. The third kappa shape index (κ3) is 5.96. The number of benzene rings is 2. The second-order valence-electron chi connectivity index (χ2n) is 6.08. The fourth-order valence-electron chi connectivity index (χ4n) is 2.19. The van der Waals surface area contributed by atoms with Crippen molar-refractivity contribution in [1.82, 2.24) is 9.88 Å². The molecule has 0 unspecified atom stereocenters. The Kier molecular flexibility index (Phi) is 7.13. The molecule has 0 bridgehead atoms. The van der Waals surface area contributed by atoms with Gasteiger partial charge in [-0.3, -0.25) is 9.59 Å². The first kappa shape index (κ1) is 21.2. The van der Waals surface area contributed by atoms with Gasteiger partial charge in [-0.1, -0.05) is 23.7 Å². The van der Waals surface area contributed by atoms with Gasteiger partial charge in [0.15, 0.2) is 0 Å². The fraction of sp³-hybridized carbons (Fsp3) is 0.150. The van der Waals surface area contributed by atoms with Gasteiger partial charge in [-0.15, -0.1) is 11.3 Å². The minimum Gasteiger partial charge on any atom is -0.486 e. The number of carbonyl (C=O) groups is 2. The van der Waals surface area contributed by atoms with Crippen LogP contribution >= 0.6 is 34.7 Å². The normalized spacial score (nSPS) is 10.4. The summed E-state index contributed by atoms with van der Waals surface area (Å²) in [5.41, 5.74) is 0.855. The molecular formula is C20H18ClN3O3S2. The van der Waals surface area contributed by atoms with Gasteiger partial charge in [0.05, 0.1) is 5.69 Å². The topological polar surface area (TPSA) is 71.5 Å². The number of halogens is 1. The number of amides is 2. The van der Waals surface area contributed by atoms with E-state index in [2.05, 4.69) is 10.3 Å². The van der Waals surface area contributed by atoms with Gasteiger partial charge >= 0.3 is 0 Å². The molecule has 6 nitrogen and oxygen atoms in total. The Balaban J connectivity index is 1.63. The van der Waals surface area contributed by atoms with E-state index >= 15 is 0 Å². The Labute approximate surface area is 181 Å². The van der Waals surface area contributed by atoms with Crippen molar-refractivity contribution in [2.75, 3.05) is 19.4 Å². The van der Waals surface area contributed by atoms with E-state index in [4.69, 9.17) is 16.3 Å². The SMILES string of the molecule is CN(C)C(=O)Sc1ccccc1NC(=O)c1csc(COc2ccc(Cl)cc2)n1. The zero-order chi connectivity index (χ0) is 20.8.